The van der Waals surface area contributed by atoms with E-state index in [4.69, 9.17) is 25.4 Å². The van der Waals surface area contributed by atoms with E-state index in [9.17, 15) is 0 Å². The van der Waals surface area contributed by atoms with E-state index >= 15 is 0 Å². The molecule has 0 fully saturated rings. The third-order valence-corrected chi connectivity index (χ3v) is 5.32. The number of rotatable bonds is 6. The van der Waals surface area contributed by atoms with Crippen LogP contribution in [0.15, 0.2) is 49.0 Å². The van der Waals surface area contributed by atoms with E-state index in [1.54, 1.807) is 23.9 Å². The van der Waals surface area contributed by atoms with Crippen LogP contribution in [0.1, 0.15) is 19.2 Å². The fourth-order valence-electron chi connectivity index (χ4n) is 2.60. The third kappa shape index (κ3) is 3.54. The van der Waals surface area contributed by atoms with Gasteiger partial charge >= 0.3 is 0 Å². The van der Waals surface area contributed by atoms with Crippen molar-refractivity contribution in [1.82, 2.24) is 19.7 Å². The van der Waals surface area contributed by atoms with E-state index in [1.165, 1.54) is 0 Å². The first-order valence-electron chi connectivity index (χ1n) is 8.00. The summed E-state index contributed by atoms with van der Waals surface area (Å²) in [5, 5.41) is 9.71. The molecule has 3 heterocycles. The van der Waals surface area contributed by atoms with Crippen LogP contribution in [0.4, 0.5) is 0 Å². The molecule has 0 bridgehead atoms. The van der Waals surface area contributed by atoms with Gasteiger partial charge in [0.1, 0.15) is 0 Å². The molecule has 0 saturated heterocycles. The van der Waals surface area contributed by atoms with Gasteiger partial charge in [-0.1, -0.05) is 30.3 Å². The van der Waals surface area contributed by atoms with Crippen molar-refractivity contribution in [2.45, 2.75) is 30.8 Å². The summed E-state index contributed by atoms with van der Waals surface area (Å²) in [5.74, 6) is 1.94. The van der Waals surface area contributed by atoms with Gasteiger partial charge in [-0.2, -0.15) is 0 Å². The highest BCUT2D eigenvalue weighted by molar-refractivity contribution is 9.10. The molecule has 0 aliphatic rings. The second kappa shape index (κ2) is 7.46. The van der Waals surface area contributed by atoms with Crippen LogP contribution in [-0.4, -0.2) is 19.7 Å². The standard InChI is InChI=1S/C17H14BrClN4O2S/c1-2-7-23-12-4-3-10(19)8-11(12)20-17(23)26-9-15-21-22-16(25-15)13-5-6-14(18)24-13/h3-6,8H,2,7,9H2,1H3. The lowest BCUT2D eigenvalue weighted by atomic mass is 10.3. The lowest BCUT2D eigenvalue weighted by Gasteiger charge is -2.06. The molecule has 4 rings (SSSR count). The van der Waals surface area contributed by atoms with Crippen molar-refractivity contribution in [1.29, 1.82) is 0 Å². The highest BCUT2D eigenvalue weighted by Gasteiger charge is 2.15. The summed E-state index contributed by atoms with van der Waals surface area (Å²) in [7, 11) is 0. The minimum atomic E-state index is 0.361. The van der Waals surface area contributed by atoms with Gasteiger partial charge in [0.15, 0.2) is 15.6 Å². The fourth-order valence-corrected chi connectivity index (χ4v) is 3.95. The molecule has 4 aromatic rings. The molecule has 26 heavy (non-hydrogen) atoms. The van der Waals surface area contributed by atoms with Crippen LogP contribution in [0, 0.1) is 0 Å². The zero-order valence-electron chi connectivity index (χ0n) is 13.8. The lowest BCUT2D eigenvalue weighted by molar-refractivity contribution is 0.486. The van der Waals surface area contributed by atoms with Crippen molar-refractivity contribution in [2.75, 3.05) is 0 Å². The number of benzene rings is 1. The molecule has 134 valence electrons. The van der Waals surface area contributed by atoms with Gasteiger partial charge in [-0.25, -0.2) is 4.98 Å². The number of imidazole rings is 1. The maximum absolute atomic E-state index is 6.09. The Bertz CT molecular complexity index is 1060. The van der Waals surface area contributed by atoms with Crippen LogP contribution >= 0.6 is 39.3 Å². The molecule has 0 saturated carbocycles. The van der Waals surface area contributed by atoms with Crippen molar-refractivity contribution < 1.29 is 8.83 Å². The Morgan fingerprint density at radius 3 is 2.85 bits per heavy atom. The van der Waals surface area contributed by atoms with Crippen molar-refractivity contribution in [3.63, 3.8) is 0 Å². The smallest absolute Gasteiger partial charge is 0.283 e. The summed E-state index contributed by atoms with van der Waals surface area (Å²) in [4.78, 5) is 4.70. The van der Waals surface area contributed by atoms with Gasteiger partial charge in [-0.3, -0.25) is 0 Å². The Balaban J connectivity index is 1.56. The summed E-state index contributed by atoms with van der Waals surface area (Å²) in [5.41, 5.74) is 1.96. The Morgan fingerprint density at radius 1 is 1.19 bits per heavy atom. The van der Waals surface area contributed by atoms with Gasteiger partial charge in [0.05, 0.1) is 16.8 Å². The first-order chi connectivity index (χ1) is 12.6. The van der Waals surface area contributed by atoms with Crippen molar-refractivity contribution in [2.24, 2.45) is 0 Å². The van der Waals surface area contributed by atoms with E-state index in [0.717, 1.165) is 29.2 Å². The molecule has 0 spiro atoms. The van der Waals surface area contributed by atoms with E-state index in [0.29, 0.717) is 33.0 Å². The third-order valence-electron chi connectivity index (χ3n) is 3.70. The molecule has 0 amide bonds. The van der Waals surface area contributed by atoms with Crippen LogP contribution in [0.3, 0.4) is 0 Å². The Labute approximate surface area is 167 Å². The number of aromatic nitrogens is 4. The second-order valence-electron chi connectivity index (χ2n) is 5.57. The lowest BCUT2D eigenvalue weighted by Crippen LogP contribution is -1.98. The zero-order valence-corrected chi connectivity index (χ0v) is 16.9. The second-order valence-corrected chi connectivity index (χ2v) is 7.73. The highest BCUT2D eigenvalue weighted by atomic mass is 79.9. The van der Waals surface area contributed by atoms with E-state index < -0.39 is 0 Å². The Hall–Kier alpha value is -1.77. The van der Waals surface area contributed by atoms with E-state index in [2.05, 4.69) is 37.6 Å². The fraction of sp³-hybridized carbons (Fsp3) is 0.235. The molecule has 9 heteroatoms. The summed E-state index contributed by atoms with van der Waals surface area (Å²) in [6, 6.07) is 9.33. The topological polar surface area (TPSA) is 69.9 Å². The number of nitrogens with zero attached hydrogens (tertiary/aromatic N) is 4. The highest BCUT2D eigenvalue weighted by Crippen LogP contribution is 2.30. The molecule has 0 N–H and O–H groups in total. The van der Waals surface area contributed by atoms with E-state index in [1.807, 2.05) is 18.2 Å². The van der Waals surface area contributed by atoms with Crippen LogP contribution < -0.4 is 0 Å². The molecule has 6 nitrogen and oxygen atoms in total. The predicted molar refractivity (Wildman–Crippen MR) is 104 cm³/mol. The van der Waals surface area contributed by atoms with Gasteiger partial charge in [0.25, 0.3) is 5.89 Å². The number of hydrogen-bond acceptors (Lipinski definition) is 6. The molecule has 0 atom stereocenters. The molecular weight excluding hydrogens is 440 g/mol. The quantitative estimate of drug-likeness (QED) is 0.344. The average molecular weight is 454 g/mol. The predicted octanol–water partition coefficient (Wildman–Crippen LogP) is 5.80. The minimum absolute atomic E-state index is 0.361. The van der Waals surface area contributed by atoms with Gasteiger partial charge < -0.3 is 13.4 Å². The van der Waals surface area contributed by atoms with Gasteiger partial charge in [0.2, 0.25) is 5.89 Å². The first kappa shape index (κ1) is 17.6. The molecule has 0 aliphatic heterocycles. The molecule has 0 unspecified atom stereocenters. The van der Waals surface area contributed by atoms with Gasteiger partial charge in [0, 0.05) is 11.6 Å². The largest absolute Gasteiger partial charge is 0.444 e. The molecule has 1 aromatic carbocycles. The summed E-state index contributed by atoms with van der Waals surface area (Å²) in [6.45, 7) is 3.03. The summed E-state index contributed by atoms with van der Waals surface area (Å²) in [6.07, 6.45) is 1.01. The molecular formula is C17H14BrClN4O2S. The molecule has 0 radical (unpaired) electrons. The van der Waals surface area contributed by atoms with Crippen LogP contribution in [0.2, 0.25) is 5.02 Å². The maximum Gasteiger partial charge on any atom is 0.283 e. The normalized spacial score (nSPS) is 11.5. The summed E-state index contributed by atoms with van der Waals surface area (Å²) < 4.78 is 13.9. The average Bonchev–Trinajstić information content (AvgIpc) is 3.32. The minimum Gasteiger partial charge on any atom is -0.444 e. The SMILES string of the molecule is CCCn1c(SCc2nnc(-c3ccc(Br)o3)o2)nc2cc(Cl)ccc21. The molecule has 3 aromatic heterocycles. The van der Waals surface area contributed by atoms with Crippen molar-refractivity contribution >= 4 is 50.3 Å². The number of halogens is 2. The van der Waals surface area contributed by atoms with Crippen LogP contribution in [0.5, 0.6) is 0 Å². The van der Waals surface area contributed by atoms with E-state index in [-0.39, 0.29) is 0 Å². The van der Waals surface area contributed by atoms with Crippen molar-refractivity contribution in [3.05, 3.63) is 45.9 Å². The van der Waals surface area contributed by atoms with Crippen LogP contribution in [-0.2, 0) is 12.3 Å². The number of hydrogen-bond donors (Lipinski definition) is 0. The van der Waals surface area contributed by atoms with Crippen molar-refractivity contribution in [3.8, 4) is 11.7 Å². The number of thioether (sulfide) groups is 1. The number of furan rings is 1. The molecule has 0 aliphatic carbocycles. The zero-order chi connectivity index (χ0) is 18.1. The van der Waals surface area contributed by atoms with Gasteiger partial charge in [-0.05, 0) is 52.7 Å². The maximum atomic E-state index is 6.09. The summed E-state index contributed by atoms with van der Waals surface area (Å²) >= 11 is 10.9. The first-order valence-corrected chi connectivity index (χ1v) is 10.2. The number of aryl methyl sites for hydroxylation is 1. The van der Waals surface area contributed by atoms with Gasteiger partial charge in [-0.15, -0.1) is 10.2 Å². The number of fused-ring (bicyclic) bond motifs is 1. The Kier molecular flexibility index (Phi) is 5.06. The van der Waals surface area contributed by atoms with Crippen LogP contribution in [0.25, 0.3) is 22.7 Å². The monoisotopic (exact) mass is 452 g/mol. The Morgan fingerprint density at radius 2 is 2.08 bits per heavy atom.